The lowest BCUT2D eigenvalue weighted by Crippen LogP contribution is -2.42. The molecule has 0 spiro atoms. The monoisotopic (exact) mass is 209 g/mol. The van der Waals surface area contributed by atoms with Gasteiger partial charge in [0.15, 0.2) is 0 Å². The molecule has 0 heterocycles. The lowest BCUT2D eigenvalue weighted by molar-refractivity contribution is 0.0267. The third-order valence-electron chi connectivity index (χ3n) is 4.49. The Bertz CT molecular complexity index is 229. The second kappa shape index (κ2) is 4.67. The van der Waals surface area contributed by atoms with Gasteiger partial charge in [-0.2, -0.15) is 0 Å². The van der Waals surface area contributed by atoms with Crippen molar-refractivity contribution in [3.8, 4) is 0 Å². The normalized spacial score (nSPS) is 41.7. The van der Waals surface area contributed by atoms with Crippen LogP contribution in [-0.4, -0.2) is 17.8 Å². The molecule has 0 amide bonds. The number of aliphatic hydroxyl groups excluding tert-OH is 1. The first kappa shape index (κ1) is 11.2. The molecule has 1 saturated carbocycles. The third kappa shape index (κ3) is 2.26. The summed E-state index contributed by atoms with van der Waals surface area (Å²) in [6, 6.07) is 0. The van der Waals surface area contributed by atoms with Crippen LogP contribution >= 0.6 is 0 Å². The van der Waals surface area contributed by atoms with Gasteiger partial charge in [0.05, 0.1) is 6.10 Å². The molecule has 1 fully saturated rings. The van der Waals surface area contributed by atoms with E-state index in [4.69, 9.17) is 5.73 Å². The van der Waals surface area contributed by atoms with E-state index in [0.29, 0.717) is 5.41 Å². The van der Waals surface area contributed by atoms with Crippen LogP contribution in [0.15, 0.2) is 12.2 Å². The molecular weight excluding hydrogens is 186 g/mol. The highest BCUT2D eigenvalue weighted by atomic mass is 16.3. The second-order valence-corrected chi connectivity index (χ2v) is 5.28. The fourth-order valence-electron chi connectivity index (χ4n) is 3.31. The van der Waals surface area contributed by atoms with E-state index in [1.807, 2.05) is 0 Å². The Morgan fingerprint density at radius 3 is 2.47 bits per heavy atom. The van der Waals surface area contributed by atoms with Crippen molar-refractivity contribution in [1.82, 2.24) is 0 Å². The summed E-state index contributed by atoms with van der Waals surface area (Å²) in [5.41, 5.74) is 6.35. The summed E-state index contributed by atoms with van der Waals surface area (Å²) in [7, 11) is 0. The Labute approximate surface area is 92.6 Å². The summed E-state index contributed by atoms with van der Waals surface area (Å²) < 4.78 is 0. The predicted molar refractivity (Wildman–Crippen MR) is 62.4 cm³/mol. The molecule has 2 aliphatic carbocycles. The van der Waals surface area contributed by atoms with Crippen LogP contribution in [0.2, 0.25) is 0 Å². The smallest absolute Gasteiger partial charge is 0.0540 e. The number of hydrogen-bond donors (Lipinski definition) is 2. The minimum atomic E-state index is -0.0659. The summed E-state index contributed by atoms with van der Waals surface area (Å²) >= 11 is 0. The van der Waals surface area contributed by atoms with Gasteiger partial charge in [-0.05, 0) is 62.8 Å². The van der Waals surface area contributed by atoms with Crippen molar-refractivity contribution in [2.75, 3.05) is 6.54 Å². The molecule has 0 aliphatic heterocycles. The Balaban J connectivity index is 2.04. The van der Waals surface area contributed by atoms with Gasteiger partial charge in [0.1, 0.15) is 0 Å². The zero-order valence-corrected chi connectivity index (χ0v) is 9.49. The number of allylic oxidation sites excluding steroid dienone is 2. The molecule has 1 atom stereocenters. The van der Waals surface area contributed by atoms with Crippen LogP contribution in [0.4, 0.5) is 0 Å². The van der Waals surface area contributed by atoms with Gasteiger partial charge < -0.3 is 10.8 Å². The van der Waals surface area contributed by atoms with Gasteiger partial charge in [0.25, 0.3) is 0 Å². The summed E-state index contributed by atoms with van der Waals surface area (Å²) in [6.45, 7) is 0.804. The highest BCUT2D eigenvalue weighted by Gasteiger charge is 2.39. The van der Waals surface area contributed by atoms with Crippen LogP contribution in [0.25, 0.3) is 0 Å². The fourth-order valence-corrected chi connectivity index (χ4v) is 3.31. The highest BCUT2D eigenvalue weighted by Crippen LogP contribution is 2.46. The summed E-state index contributed by atoms with van der Waals surface area (Å²) in [5, 5.41) is 9.58. The van der Waals surface area contributed by atoms with Gasteiger partial charge in [0.2, 0.25) is 0 Å². The SMILES string of the molecule is NCC1(C2CC=CCC2)CCC(O)CC1. The number of hydrogen-bond acceptors (Lipinski definition) is 2. The molecule has 0 radical (unpaired) electrons. The van der Waals surface area contributed by atoms with Crippen LogP contribution in [0.3, 0.4) is 0 Å². The Morgan fingerprint density at radius 2 is 1.93 bits per heavy atom. The Hall–Kier alpha value is -0.340. The lowest BCUT2D eigenvalue weighted by atomic mass is 9.62. The zero-order chi connectivity index (χ0) is 10.7. The first-order valence-electron chi connectivity index (χ1n) is 6.30. The number of rotatable bonds is 2. The van der Waals surface area contributed by atoms with Gasteiger partial charge in [-0.3, -0.25) is 0 Å². The van der Waals surface area contributed by atoms with Crippen molar-refractivity contribution in [3.05, 3.63) is 12.2 Å². The third-order valence-corrected chi connectivity index (χ3v) is 4.49. The van der Waals surface area contributed by atoms with E-state index in [0.717, 1.165) is 38.1 Å². The molecular formula is C13H23NO. The maximum Gasteiger partial charge on any atom is 0.0540 e. The van der Waals surface area contributed by atoms with Gasteiger partial charge in [-0.1, -0.05) is 12.2 Å². The Morgan fingerprint density at radius 1 is 1.20 bits per heavy atom. The summed E-state index contributed by atoms with van der Waals surface area (Å²) in [5.74, 6) is 0.764. The van der Waals surface area contributed by atoms with Crippen molar-refractivity contribution in [2.45, 2.75) is 51.0 Å². The van der Waals surface area contributed by atoms with E-state index in [9.17, 15) is 5.11 Å². The van der Waals surface area contributed by atoms with Crippen LogP contribution in [0.5, 0.6) is 0 Å². The standard InChI is InChI=1S/C13H23NO/c14-10-13(8-6-12(15)7-9-13)11-4-2-1-3-5-11/h1-2,11-12,15H,3-10,14H2. The van der Waals surface area contributed by atoms with E-state index >= 15 is 0 Å². The molecule has 0 aromatic rings. The van der Waals surface area contributed by atoms with Crippen LogP contribution < -0.4 is 5.73 Å². The minimum Gasteiger partial charge on any atom is -0.393 e. The topological polar surface area (TPSA) is 46.2 Å². The quantitative estimate of drug-likeness (QED) is 0.685. The number of aliphatic hydroxyl groups is 1. The molecule has 1 unspecified atom stereocenters. The molecule has 2 heteroatoms. The first-order chi connectivity index (χ1) is 7.27. The first-order valence-corrected chi connectivity index (χ1v) is 6.30. The highest BCUT2D eigenvalue weighted by molar-refractivity contribution is 4.99. The second-order valence-electron chi connectivity index (χ2n) is 5.28. The molecule has 2 aliphatic rings. The van der Waals surface area contributed by atoms with E-state index < -0.39 is 0 Å². The maximum atomic E-state index is 9.58. The average Bonchev–Trinajstić information content (AvgIpc) is 2.32. The molecule has 2 nitrogen and oxygen atoms in total. The average molecular weight is 209 g/mol. The molecule has 3 N–H and O–H groups in total. The van der Waals surface area contributed by atoms with E-state index in [1.165, 1.54) is 19.3 Å². The molecule has 0 aromatic carbocycles. The van der Waals surface area contributed by atoms with Crippen molar-refractivity contribution in [2.24, 2.45) is 17.1 Å². The van der Waals surface area contributed by atoms with Crippen molar-refractivity contribution in [3.63, 3.8) is 0 Å². The molecule has 15 heavy (non-hydrogen) atoms. The summed E-state index contributed by atoms with van der Waals surface area (Å²) in [4.78, 5) is 0. The predicted octanol–water partition coefficient (Wildman–Crippen LogP) is 2.22. The van der Waals surface area contributed by atoms with Crippen molar-refractivity contribution in [1.29, 1.82) is 0 Å². The van der Waals surface area contributed by atoms with Crippen LogP contribution in [0.1, 0.15) is 44.9 Å². The van der Waals surface area contributed by atoms with Crippen molar-refractivity contribution < 1.29 is 5.11 Å². The Kier molecular flexibility index (Phi) is 3.47. The molecule has 0 aromatic heterocycles. The van der Waals surface area contributed by atoms with Gasteiger partial charge in [-0.25, -0.2) is 0 Å². The molecule has 0 saturated heterocycles. The van der Waals surface area contributed by atoms with Gasteiger partial charge in [0, 0.05) is 0 Å². The van der Waals surface area contributed by atoms with E-state index in [-0.39, 0.29) is 6.10 Å². The molecule has 2 rings (SSSR count). The van der Waals surface area contributed by atoms with Crippen molar-refractivity contribution >= 4 is 0 Å². The number of nitrogens with two attached hydrogens (primary N) is 1. The van der Waals surface area contributed by atoms with E-state index in [1.54, 1.807) is 0 Å². The van der Waals surface area contributed by atoms with Crippen LogP contribution in [0, 0.1) is 11.3 Å². The minimum absolute atomic E-state index is 0.0659. The largest absolute Gasteiger partial charge is 0.393 e. The van der Waals surface area contributed by atoms with Crippen LogP contribution in [-0.2, 0) is 0 Å². The molecule has 0 bridgehead atoms. The fraction of sp³-hybridized carbons (Fsp3) is 0.846. The summed E-state index contributed by atoms with van der Waals surface area (Å²) in [6.07, 6.45) is 12.4. The molecule has 86 valence electrons. The van der Waals surface area contributed by atoms with Gasteiger partial charge in [-0.15, -0.1) is 0 Å². The van der Waals surface area contributed by atoms with E-state index in [2.05, 4.69) is 12.2 Å². The van der Waals surface area contributed by atoms with Gasteiger partial charge >= 0.3 is 0 Å². The zero-order valence-electron chi connectivity index (χ0n) is 9.49. The maximum absolute atomic E-state index is 9.58. The lowest BCUT2D eigenvalue weighted by Gasteiger charge is -2.45.